The molecule has 1 saturated heterocycles. The van der Waals surface area contributed by atoms with E-state index in [9.17, 15) is 4.79 Å². The van der Waals surface area contributed by atoms with E-state index >= 15 is 0 Å². The summed E-state index contributed by atoms with van der Waals surface area (Å²) in [5.74, 6) is 2.83. The molecule has 0 unspecified atom stereocenters. The van der Waals surface area contributed by atoms with Gasteiger partial charge < -0.3 is 18.9 Å². The quantitative estimate of drug-likeness (QED) is 0.254. The van der Waals surface area contributed by atoms with Crippen LogP contribution in [0.4, 0.5) is 0 Å². The minimum atomic E-state index is -0.0577. The number of amides is 1. The summed E-state index contributed by atoms with van der Waals surface area (Å²) in [6.45, 7) is 5.94. The highest BCUT2D eigenvalue weighted by Crippen LogP contribution is 2.34. The highest BCUT2D eigenvalue weighted by atomic mass is 32.2. The smallest absolute Gasteiger partial charge is 0.266 e. The molecule has 3 rings (SSSR count). The fourth-order valence-electron chi connectivity index (χ4n) is 3.03. The van der Waals surface area contributed by atoms with Gasteiger partial charge in [-0.1, -0.05) is 30.0 Å². The minimum absolute atomic E-state index is 0.0577. The molecule has 1 fully saturated rings. The summed E-state index contributed by atoms with van der Waals surface area (Å²) < 4.78 is 23.1. The van der Waals surface area contributed by atoms with Gasteiger partial charge in [0.2, 0.25) is 0 Å². The first kappa shape index (κ1) is 23.9. The Morgan fingerprint density at radius 2 is 1.69 bits per heavy atom. The van der Waals surface area contributed by atoms with Crippen LogP contribution in [0.1, 0.15) is 25.8 Å². The maximum atomic E-state index is 12.4. The van der Waals surface area contributed by atoms with Gasteiger partial charge in [-0.05, 0) is 61.9 Å². The summed E-state index contributed by atoms with van der Waals surface area (Å²) >= 11 is 6.60. The van der Waals surface area contributed by atoms with Crippen LogP contribution >= 0.6 is 24.0 Å². The van der Waals surface area contributed by atoms with E-state index in [1.54, 1.807) is 12.0 Å². The third-order valence-corrected chi connectivity index (χ3v) is 6.01. The predicted molar refractivity (Wildman–Crippen MR) is 132 cm³/mol. The molecule has 0 aromatic heterocycles. The summed E-state index contributed by atoms with van der Waals surface area (Å²) in [5, 5.41) is 0. The topological polar surface area (TPSA) is 57.2 Å². The second-order valence-corrected chi connectivity index (χ2v) is 8.47. The van der Waals surface area contributed by atoms with Crippen LogP contribution in [0.3, 0.4) is 0 Å². The lowest BCUT2D eigenvalue weighted by Crippen LogP contribution is -2.27. The zero-order valence-electron chi connectivity index (χ0n) is 18.5. The summed E-state index contributed by atoms with van der Waals surface area (Å²) in [7, 11) is 1.63. The van der Waals surface area contributed by atoms with Gasteiger partial charge in [-0.25, -0.2) is 0 Å². The summed E-state index contributed by atoms with van der Waals surface area (Å²) in [6.07, 6.45) is 2.56. The Bertz CT molecular complexity index is 975. The Kier molecular flexibility index (Phi) is 8.81. The Morgan fingerprint density at radius 3 is 2.34 bits per heavy atom. The van der Waals surface area contributed by atoms with E-state index < -0.39 is 0 Å². The number of methoxy groups -OCH3 is 1. The average Bonchev–Trinajstić information content (AvgIpc) is 3.07. The molecule has 8 heteroatoms. The summed E-state index contributed by atoms with van der Waals surface area (Å²) in [5.41, 5.74) is 0.861. The molecule has 170 valence electrons. The van der Waals surface area contributed by atoms with E-state index in [4.69, 9.17) is 31.2 Å². The van der Waals surface area contributed by atoms with Crippen LogP contribution in [-0.2, 0) is 4.79 Å². The van der Waals surface area contributed by atoms with Gasteiger partial charge in [0.15, 0.2) is 11.5 Å². The Labute approximate surface area is 198 Å². The molecular weight excluding hydrogens is 446 g/mol. The van der Waals surface area contributed by atoms with Gasteiger partial charge >= 0.3 is 0 Å². The van der Waals surface area contributed by atoms with Gasteiger partial charge in [0, 0.05) is 13.0 Å². The number of benzene rings is 2. The highest BCUT2D eigenvalue weighted by Gasteiger charge is 2.30. The van der Waals surface area contributed by atoms with Crippen molar-refractivity contribution in [1.82, 2.24) is 4.90 Å². The van der Waals surface area contributed by atoms with E-state index in [-0.39, 0.29) is 5.91 Å². The zero-order valence-corrected chi connectivity index (χ0v) is 20.1. The van der Waals surface area contributed by atoms with Crippen LogP contribution < -0.4 is 18.9 Å². The third-order valence-electron chi connectivity index (χ3n) is 4.63. The molecule has 0 saturated carbocycles. The molecular formula is C24H27NO5S2. The maximum Gasteiger partial charge on any atom is 0.266 e. The molecule has 0 spiro atoms. The fourth-order valence-corrected chi connectivity index (χ4v) is 4.41. The number of rotatable bonds is 11. The number of likely N-dealkylation sites (N-methyl/N-ethyl adjacent to an activating group) is 1. The molecule has 1 heterocycles. The summed E-state index contributed by atoms with van der Waals surface area (Å²) in [6, 6.07) is 13.1. The Balaban J connectivity index is 1.56. The zero-order chi connectivity index (χ0) is 22.9. The average molecular weight is 474 g/mol. The number of hydrogen-bond donors (Lipinski definition) is 0. The normalized spacial score (nSPS) is 14.7. The van der Waals surface area contributed by atoms with Crippen LogP contribution in [-0.4, -0.2) is 48.6 Å². The Morgan fingerprint density at radius 1 is 0.969 bits per heavy atom. The van der Waals surface area contributed by atoms with Crippen molar-refractivity contribution < 1.29 is 23.7 Å². The van der Waals surface area contributed by atoms with Crippen LogP contribution in [0.25, 0.3) is 6.08 Å². The van der Waals surface area contributed by atoms with Gasteiger partial charge in [-0.3, -0.25) is 9.69 Å². The number of thioether (sulfide) groups is 1. The lowest BCUT2D eigenvalue weighted by atomic mass is 10.2. The molecule has 2 aromatic carbocycles. The number of ether oxygens (including phenoxy) is 4. The highest BCUT2D eigenvalue weighted by molar-refractivity contribution is 8.26. The molecule has 1 aliphatic rings. The van der Waals surface area contributed by atoms with Crippen molar-refractivity contribution in [2.45, 2.75) is 20.3 Å². The number of hydrogen-bond acceptors (Lipinski definition) is 7. The van der Waals surface area contributed by atoms with Crippen molar-refractivity contribution in [2.24, 2.45) is 0 Å². The molecule has 0 radical (unpaired) electrons. The predicted octanol–water partition coefficient (Wildman–Crippen LogP) is 5.16. The molecule has 1 aliphatic heterocycles. The molecule has 0 aliphatic carbocycles. The second-order valence-electron chi connectivity index (χ2n) is 6.79. The van der Waals surface area contributed by atoms with Crippen molar-refractivity contribution in [1.29, 1.82) is 0 Å². The maximum absolute atomic E-state index is 12.4. The largest absolute Gasteiger partial charge is 0.497 e. The van der Waals surface area contributed by atoms with Crippen molar-refractivity contribution in [3.05, 3.63) is 52.9 Å². The van der Waals surface area contributed by atoms with Crippen LogP contribution in [0, 0.1) is 0 Å². The van der Waals surface area contributed by atoms with E-state index in [1.165, 1.54) is 11.8 Å². The van der Waals surface area contributed by atoms with Crippen molar-refractivity contribution in [3.8, 4) is 23.0 Å². The first-order chi connectivity index (χ1) is 15.5. The molecule has 2 aromatic rings. The Hall–Kier alpha value is -2.71. The lowest BCUT2D eigenvalue weighted by Gasteiger charge is -2.13. The number of nitrogens with zero attached hydrogens (tertiary/aromatic N) is 1. The number of thiocarbonyl (C=S) groups is 1. The summed E-state index contributed by atoms with van der Waals surface area (Å²) in [4.78, 5) is 14.7. The molecule has 6 nitrogen and oxygen atoms in total. The third kappa shape index (κ3) is 6.17. The van der Waals surface area contributed by atoms with Crippen molar-refractivity contribution in [2.75, 3.05) is 33.5 Å². The number of carbonyl (C=O) groups is 1. The van der Waals surface area contributed by atoms with Gasteiger partial charge in [0.1, 0.15) is 15.8 Å². The lowest BCUT2D eigenvalue weighted by molar-refractivity contribution is -0.121. The van der Waals surface area contributed by atoms with E-state index in [2.05, 4.69) is 0 Å². The van der Waals surface area contributed by atoms with Crippen molar-refractivity contribution in [3.63, 3.8) is 0 Å². The first-order valence-corrected chi connectivity index (χ1v) is 11.7. The first-order valence-electron chi connectivity index (χ1n) is 10.5. The minimum Gasteiger partial charge on any atom is -0.497 e. The molecule has 32 heavy (non-hydrogen) atoms. The van der Waals surface area contributed by atoms with E-state index in [0.717, 1.165) is 23.5 Å². The molecule has 1 amide bonds. The number of carbonyl (C=O) groups excluding carboxylic acids is 1. The van der Waals surface area contributed by atoms with Gasteiger partial charge in [0.05, 0.1) is 31.8 Å². The van der Waals surface area contributed by atoms with E-state index in [0.29, 0.717) is 47.1 Å². The van der Waals surface area contributed by atoms with E-state index in [1.807, 2.05) is 62.4 Å². The SMILES string of the molecule is CCOc1cc(C=C2SC(=S)N(CC)C2=O)ccc1OCCCOc1ccc(OC)cc1. The molecule has 0 bridgehead atoms. The second kappa shape index (κ2) is 11.8. The monoisotopic (exact) mass is 473 g/mol. The van der Waals surface area contributed by atoms with Crippen LogP contribution in [0.2, 0.25) is 0 Å². The van der Waals surface area contributed by atoms with Gasteiger partial charge in [-0.2, -0.15) is 0 Å². The standard InChI is InChI=1S/C24H27NO5S2/c1-4-25-23(26)22(32-24(25)31)16-17-7-12-20(21(15-17)28-5-2)30-14-6-13-29-19-10-8-18(27-3)9-11-19/h7-12,15-16H,4-6,13-14H2,1-3H3. The molecule has 0 atom stereocenters. The van der Waals surface area contributed by atoms with Crippen LogP contribution in [0.5, 0.6) is 23.0 Å². The van der Waals surface area contributed by atoms with Gasteiger partial charge in [-0.15, -0.1) is 0 Å². The fraction of sp³-hybridized carbons (Fsp3) is 0.333. The van der Waals surface area contributed by atoms with Crippen LogP contribution in [0.15, 0.2) is 47.4 Å². The molecule has 0 N–H and O–H groups in total. The van der Waals surface area contributed by atoms with Gasteiger partial charge in [0.25, 0.3) is 5.91 Å². The van der Waals surface area contributed by atoms with Crippen molar-refractivity contribution >= 4 is 40.3 Å².